The Morgan fingerprint density at radius 2 is 2.05 bits per heavy atom. The molecule has 1 amide bonds. The summed E-state index contributed by atoms with van der Waals surface area (Å²) in [5, 5.41) is 3.02. The Bertz CT molecular complexity index is 367. The van der Waals surface area contributed by atoms with Gasteiger partial charge < -0.3 is 20.7 Å². The van der Waals surface area contributed by atoms with Gasteiger partial charge >= 0.3 is 0 Å². The summed E-state index contributed by atoms with van der Waals surface area (Å²) in [6.45, 7) is 10.9. The lowest BCUT2D eigenvalue weighted by atomic mass is 9.54. The standard InChI is InChI=1S/C16H31N3O2/c1-4-21-13-12-16(17,15(13,2)3)14(20)18-8-7-11-19-9-5-6-10-19/h13H,4-12,17H2,1-3H3,(H,18,20). The lowest BCUT2D eigenvalue weighted by Gasteiger charge is -2.57. The highest BCUT2D eigenvalue weighted by Gasteiger charge is 2.62. The largest absolute Gasteiger partial charge is 0.378 e. The first kappa shape index (κ1) is 16.7. The number of nitrogens with one attached hydrogen (secondary N) is 1. The van der Waals surface area contributed by atoms with Crippen LogP contribution in [0.5, 0.6) is 0 Å². The van der Waals surface area contributed by atoms with Crippen LogP contribution in [-0.4, -0.2) is 55.2 Å². The van der Waals surface area contributed by atoms with Gasteiger partial charge in [-0.15, -0.1) is 0 Å². The van der Waals surface area contributed by atoms with Crippen LogP contribution in [-0.2, 0) is 9.53 Å². The van der Waals surface area contributed by atoms with Crippen molar-refractivity contribution in [1.82, 2.24) is 10.2 Å². The highest BCUT2D eigenvalue weighted by molar-refractivity contribution is 5.88. The summed E-state index contributed by atoms with van der Waals surface area (Å²) >= 11 is 0. The van der Waals surface area contributed by atoms with E-state index in [4.69, 9.17) is 10.5 Å². The number of hydrogen-bond acceptors (Lipinski definition) is 4. The van der Waals surface area contributed by atoms with E-state index in [0.29, 0.717) is 19.6 Å². The van der Waals surface area contributed by atoms with Crippen molar-refractivity contribution in [2.24, 2.45) is 11.1 Å². The van der Waals surface area contributed by atoms with E-state index in [9.17, 15) is 4.79 Å². The molecule has 2 fully saturated rings. The second-order valence-electron chi connectivity index (χ2n) is 7.00. The van der Waals surface area contributed by atoms with Crippen LogP contribution in [0.3, 0.4) is 0 Å². The highest BCUT2D eigenvalue weighted by Crippen LogP contribution is 2.49. The molecule has 0 aromatic carbocycles. The molecule has 0 bridgehead atoms. The molecule has 1 aliphatic carbocycles. The number of hydrogen-bond donors (Lipinski definition) is 2. The monoisotopic (exact) mass is 297 g/mol. The summed E-state index contributed by atoms with van der Waals surface area (Å²) < 4.78 is 5.67. The molecule has 1 saturated heterocycles. The van der Waals surface area contributed by atoms with E-state index in [1.807, 2.05) is 20.8 Å². The third-order valence-electron chi connectivity index (χ3n) is 5.37. The molecule has 5 heteroatoms. The van der Waals surface area contributed by atoms with Gasteiger partial charge in [0.2, 0.25) is 5.91 Å². The quantitative estimate of drug-likeness (QED) is 0.691. The van der Waals surface area contributed by atoms with Crippen LogP contribution < -0.4 is 11.1 Å². The van der Waals surface area contributed by atoms with Crippen molar-refractivity contribution in [2.75, 3.05) is 32.8 Å². The lowest BCUT2D eigenvalue weighted by molar-refractivity contribution is -0.170. The molecule has 1 saturated carbocycles. The number of carbonyl (C=O) groups is 1. The van der Waals surface area contributed by atoms with E-state index in [-0.39, 0.29) is 17.4 Å². The SMILES string of the molecule is CCOC1CC(N)(C(=O)NCCCN2CCCC2)C1(C)C. The third-order valence-corrected chi connectivity index (χ3v) is 5.37. The van der Waals surface area contributed by atoms with Gasteiger partial charge in [0.05, 0.1) is 6.10 Å². The van der Waals surface area contributed by atoms with E-state index in [2.05, 4.69) is 10.2 Å². The topological polar surface area (TPSA) is 67.6 Å². The minimum absolute atomic E-state index is 0.0233. The molecule has 0 aromatic heterocycles. The molecule has 5 nitrogen and oxygen atoms in total. The second kappa shape index (κ2) is 6.63. The number of nitrogens with two attached hydrogens (primary N) is 1. The number of likely N-dealkylation sites (tertiary alicyclic amines) is 1. The van der Waals surface area contributed by atoms with Gasteiger partial charge in [-0.05, 0) is 45.8 Å². The minimum atomic E-state index is -0.791. The molecule has 0 aromatic rings. The molecule has 0 spiro atoms. The van der Waals surface area contributed by atoms with Gasteiger partial charge in [0.15, 0.2) is 0 Å². The van der Waals surface area contributed by atoms with E-state index >= 15 is 0 Å². The van der Waals surface area contributed by atoms with Gasteiger partial charge in [-0.25, -0.2) is 0 Å². The van der Waals surface area contributed by atoms with Crippen molar-refractivity contribution in [2.45, 2.75) is 58.1 Å². The Balaban J connectivity index is 1.72. The van der Waals surface area contributed by atoms with Gasteiger partial charge in [0, 0.05) is 25.0 Å². The number of carbonyl (C=O) groups excluding carboxylic acids is 1. The molecule has 1 aliphatic heterocycles. The first-order chi connectivity index (χ1) is 9.91. The van der Waals surface area contributed by atoms with E-state index in [1.165, 1.54) is 25.9 Å². The lowest BCUT2D eigenvalue weighted by Crippen LogP contribution is -2.75. The summed E-state index contributed by atoms with van der Waals surface area (Å²) in [5.41, 5.74) is 5.25. The Kier molecular flexibility index (Phi) is 5.28. The summed E-state index contributed by atoms with van der Waals surface area (Å²) in [6.07, 6.45) is 4.32. The molecule has 0 radical (unpaired) electrons. The zero-order chi connectivity index (χ0) is 15.5. The maximum absolute atomic E-state index is 12.4. The van der Waals surface area contributed by atoms with Crippen molar-refractivity contribution in [1.29, 1.82) is 0 Å². The number of rotatable bonds is 7. The second-order valence-corrected chi connectivity index (χ2v) is 7.00. The summed E-state index contributed by atoms with van der Waals surface area (Å²) in [4.78, 5) is 14.9. The van der Waals surface area contributed by atoms with Gasteiger partial charge in [0.1, 0.15) is 5.54 Å². The van der Waals surface area contributed by atoms with Crippen LogP contribution in [0.4, 0.5) is 0 Å². The third kappa shape index (κ3) is 3.25. The fraction of sp³-hybridized carbons (Fsp3) is 0.938. The molecule has 122 valence electrons. The molecule has 3 N–H and O–H groups in total. The van der Waals surface area contributed by atoms with Crippen LogP contribution in [0, 0.1) is 5.41 Å². The fourth-order valence-corrected chi connectivity index (χ4v) is 3.49. The van der Waals surface area contributed by atoms with Crippen LogP contribution in [0.2, 0.25) is 0 Å². The maximum Gasteiger partial charge on any atom is 0.240 e. The van der Waals surface area contributed by atoms with Crippen molar-refractivity contribution in [3.05, 3.63) is 0 Å². The molecule has 2 unspecified atom stereocenters. The molecule has 21 heavy (non-hydrogen) atoms. The zero-order valence-electron chi connectivity index (χ0n) is 13.8. The minimum Gasteiger partial charge on any atom is -0.378 e. The van der Waals surface area contributed by atoms with Gasteiger partial charge in [0.25, 0.3) is 0 Å². The van der Waals surface area contributed by atoms with Crippen molar-refractivity contribution in [3.8, 4) is 0 Å². The van der Waals surface area contributed by atoms with E-state index < -0.39 is 5.54 Å². The molecule has 2 rings (SSSR count). The van der Waals surface area contributed by atoms with Crippen LogP contribution in [0.15, 0.2) is 0 Å². The zero-order valence-corrected chi connectivity index (χ0v) is 13.8. The van der Waals surface area contributed by atoms with Crippen molar-refractivity contribution < 1.29 is 9.53 Å². The number of amides is 1. The molecule has 1 heterocycles. The Labute approximate surface area is 128 Å². The summed E-state index contributed by atoms with van der Waals surface area (Å²) in [6, 6.07) is 0. The number of nitrogens with zero attached hydrogens (tertiary/aromatic N) is 1. The molecular weight excluding hydrogens is 266 g/mol. The fourth-order valence-electron chi connectivity index (χ4n) is 3.49. The molecule has 2 aliphatic rings. The van der Waals surface area contributed by atoms with Crippen molar-refractivity contribution in [3.63, 3.8) is 0 Å². The first-order valence-corrected chi connectivity index (χ1v) is 8.33. The van der Waals surface area contributed by atoms with Gasteiger partial charge in [-0.2, -0.15) is 0 Å². The number of ether oxygens (including phenoxy) is 1. The van der Waals surface area contributed by atoms with E-state index in [1.54, 1.807) is 0 Å². The highest BCUT2D eigenvalue weighted by atomic mass is 16.5. The van der Waals surface area contributed by atoms with E-state index in [0.717, 1.165) is 13.0 Å². The van der Waals surface area contributed by atoms with Gasteiger partial charge in [-0.1, -0.05) is 13.8 Å². The average molecular weight is 297 g/mol. The predicted octanol–water partition coefficient (Wildman–Crippen LogP) is 1.12. The first-order valence-electron chi connectivity index (χ1n) is 8.33. The van der Waals surface area contributed by atoms with Crippen LogP contribution in [0.1, 0.15) is 46.5 Å². The smallest absolute Gasteiger partial charge is 0.240 e. The Morgan fingerprint density at radius 1 is 1.38 bits per heavy atom. The normalized spacial score (nSPS) is 31.9. The van der Waals surface area contributed by atoms with Crippen LogP contribution >= 0.6 is 0 Å². The Morgan fingerprint density at radius 3 is 2.62 bits per heavy atom. The predicted molar refractivity (Wildman–Crippen MR) is 84.0 cm³/mol. The molecular formula is C16H31N3O2. The Hall–Kier alpha value is -0.650. The van der Waals surface area contributed by atoms with Gasteiger partial charge in [-0.3, -0.25) is 4.79 Å². The maximum atomic E-state index is 12.4. The molecule has 2 atom stereocenters. The summed E-state index contributed by atoms with van der Waals surface area (Å²) in [5.74, 6) is -0.0233. The average Bonchev–Trinajstić information content (AvgIpc) is 2.96. The summed E-state index contributed by atoms with van der Waals surface area (Å²) in [7, 11) is 0. The van der Waals surface area contributed by atoms with Crippen molar-refractivity contribution >= 4 is 5.91 Å². The van der Waals surface area contributed by atoms with Crippen LogP contribution in [0.25, 0.3) is 0 Å².